The molecule has 4 rings (SSSR count). The monoisotopic (exact) mass is 614 g/mol. The Balaban J connectivity index is 0.000000256. The molecule has 2 fully saturated rings. The number of pyridine rings is 2. The van der Waals surface area contributed by atoms with E-state index in [1.165, 1.54) is 26.0 Å². The van der Waals surface area contributed by atoms with Crippen LogP contribution >= 0.6 is 23.2 Å². The minimum Gasteiger partial charge on any atom is -0.469 e. The standard InChI is InChI=1S/C13H10ClF3N2O2.C11H11ClN2O.C3H6O2/c14-9-7-10(1-2-11(20)13(15,16)17)18-12(8-9)19-3-5-21-6-4-19;1-2-10-7-9(12)8-11(13-10)14-3-5-15-6-4-14;1-3(4)5-2/h7-8H,3-6H2;1,7-8H,3-6H2;1-2H3. The molecule has 0 amide bonds. The lowest BCUT2D eigenvalue weighted by molar-refractivity contribution is -0.164. The van der Waals surface area contributed by atoms with E-state index in [1.54, 1.807) is 12.1 Å². The number of methoxy groups -OCH3 is 1. The van der Waals surface area contributed by atoms with Crippen LogP contribution in [0.5, 0.6) is 0 Å². The lowest BCUT2D eigenvalue weighted by Crippen LogP contribution is -2.36. The highest BCUT2D eigenvalue weighted by molar-refractivity contribution is 6.31. The van der Waals surface area contributed by atoms with E-state index in [0.29, 0.717) is 42.8 Å². The fraction of sp³-hybridized carbons (Fsp3) is 0.407. The Labute approximate surface area is 245 Å². The highest BCUT2D eigenvalue weighted by Crippen LogP contribution is 2.21. The molecule has 0 unspecified atom stereocenters. The Morgan fingerprint density at radius 2 is 1.32 bits per heavy atom. The largest absolute Gasteiger partial charge is 0.469 e. The first-order valence-corrected chi connectivity index (χ1v) is 12.8. The number of Topliss-reactive ketones (excluding diaryl/α,β-unsaturated/α-hetero) is 1. The quantitative estimate of drug-likeness (QED) is 0.370. The Hall–Kier alpha value is -3.55. The molecule has 0 saturated carbocycles. The number of ketones is 1. The molecule has 2 aromatic rings. The highest BCUT2D eigenvalue weighted by Gasteiger charge is 2.37. The number of halogens is 5. The van der Waals surface area contributed by atoms with Crippen LogP contribution in [-0.2, 0) is 23.8 Å². The first-order chi connectivity index (χ1) is 19.4. The molecule has 2 saturated heterocycles. The molecule has 0 spiro atoms. The predicted molar refractivity (Wildman–Crippen MR) is 148 cm³/mol. The summed E-state index contributed by atoms with van der Waals surface area (Å²) in [6.07, 6.45) is 0.329. The molecule has 4 heterocycles. The number of esters is 1. The number of carbonyl (C=O) groups excluding carboxylic acids is 2. The van der Waals surface area contributed by atoms with Crippen molar-refractivity contribution in [3.05, 3.63) is 45.7 Å². The third-order valence-corrected chi connectivity index (χ3v) is 5.66. The summed E-state index contributed by atoms with van der Waals surface area (Å²) in [5, 5.41) is 0.912. The lowest BCUT2D eigenvalue weighted by Gasteiger charge is -2.27. The molecule has 9 nitrogen and oxygen atoms in total. The Morgan fingerprint density at radius 1 is 0.902 bits per heavy atom. The van der Waals surface area contributed by atoms with E-state index in [4.69, 9.17) is 39.1 Å². The number of rotatable bonds is 2. The van der Waals surface area contributed by atoms with Gasteiger partial charge in [-0.1, -0.05) is 29.1 Å². The molecule has 41 heavy (non-hydrogen) atoms. The summed E-state index contributed by atoms with van der Waals surface area (Å²) >= 11 is 11.9. The summed E-state index contributed by atoms with van der Waals surface area (Å²) in [6.45, 7) is 6.72. The molecular weight excluding hydrogens is 588 g/mol. The van der Waals surface area contributed by atoms with Gasteiger partial charge in [-0.2, -0.15) is 13.2 Å². The number of anilines is 2. The molecule has 2 aliphatic rings. The zero-order valence-electron chi connectivity index (χ0n) is 22.3. The smallest absolute Gasteiger partial charge is 0.462 e. The van der Waals surface area contributed by atoms with E-state index >= 15 is 0 Å². The van der Waals surface area contributed by atoms with E-state index < -0.39 is 12.0 Å². The molecule has 0 radical (unpaired) electrons. The van der Waals surface area contributed by atoms with Gasteiger partial charge in [0, 0.05) is 43.1 Å². The molecule has 2 aromatic heterocycles. The molecule has 2 aliphatic heterocycles. The van der Waals surface area contributed by atoms with Crippen LogP contribution in [0.25, 0.3) is 0 Å². The van der Waals surface area contributed by atoms with Crippen LogP contribution in [0.1, 0.15) is 18.3 Å². The number of nitrogens with zero attached hydrogens (tertiary/aromatic N) is 4. The van der Waals surface area contributed by atoms with Crippen LogP contribution in [0.15, 0.2) is 24.3 Å². The Bertz CT molecular complexity index is 1300. The average Bonchev–Trinajstić information content (AvgIpc) is 2.96. The first-order valence-electron chi connectivity index (χ1n) is 12.1. The van der Waals surface area contributed by atoms with Crippen molar-refractivity contribution in [2.24, 2.45) is 0 Å². The number of aromatic nitrogens is 2. The molecule has 14 heteroatoms. The zero-order valence-corrected chi connectivity index (χ0v) is 23.8. The first kappa shape index (κ1) is 33.7. The molecule has 0 N–H and O–H groups in total. The minimum atomic E-state index is -4.97. The van der Waals surface area contributed by atoms with Gasteiger partial charge in [0.15, 0.2) is 0 Å². The van der Waals surface area contributed by atoms with E-state index in [-0.39, 0.29) is 16.7 Å². The second-order valence-corrected chi connectivity index (χ2v) is 9.05. The number of hydrogen-bond acceptors (Lipinski definition) is 9. The van der Waals surface area contributed by atoms with Gasteiger partial charge in [0.1, 0.15) is 23.0 Å². The van der Waals surface area contributed by atoms with Crippen molar-refractivity contribution < 1.29 is 37.0 Å². The fourth-order valence-electron chi connectivity index (χ4n) is 3.21. The van der Waals surface area contributed by atoms with Crippen molar-refractivity contribution in [2.45, 2.75) is 13.1 Å². The minimum absolute atomic E-state index is 0.0154. The molecular formula is C27H27Cl2F3N4O5. The van der Waals surface area contributed by atoms with Gasteiger partial charge < -0.3 is 24.0 Å². The fourth-order valence-corrected chi connectivity index (χ4v) is 3.61. The summed E-state index contributed by atoms with van der Waals surface area (Å²) in [5.41, 5.74) is 0.589. The number of carbonyl (C=O) groups is 2. The molecule has 0 aliphatic carbocycles. The van der Waals surface area contributed by atoms with Crippen LogP contribution in [-0.4, -0.2) is 87.6 Å². The van der Waals surface area contributed by atoms with Crippen molar-refractivity contribution in [1.82, 2.24) is 9.97 Å². The number of morpholine rings is 2. The molecule has 0 aromatic carbocycles. The SMILES string of the molecule is C#Cc1cc(Cl)cc(N2CCOCC2)n1.COC(C)=O.O=C(C#Cc1cc(Cl)cc(N2CCOCC2)n1)C(F)(F)F. The maximum absolute atomic E-state index is 12.1. The van der Waals surface area contributed by atoms with Gasteiger partial charge in [-0.05, 0) is 36.1 Å². The summed E-state index contributed by atoms with van der Waals surface area (Å²) in [4.78, 5) is 32.7. The third-order valence-electron chi connectivity index (χ3n) is 5.22. The number of hydrogen-bond donors (Lipinski definition) is 0. The lowest BCUT2D eigenvalue weighted by atomic mass is 10.3. The van der Waals surface area contributed by atoms with E-state index in [1.807, 2.05) is 11.0 Å². The second kappa shape index (κ2) is 16.7. The highest BCUT2D eigenvalue weighted by atomic mass is 35.5. The van der Waals surface area contributed by atoms with Crippen LogP contribution in [0.4, 0.5) is 24.8 Å². The van der Waals surface area contributed by atoms with Gasteiger partial charge >= 0.3 is 17.9 Å². The summed E-state index contributed by atoms with van der Waals surface area (Å²) in [7, 11) is 1.35. The summed E-state index contributed by atoms with van der Waals surface area (Å²) in [6, 6.07) is 6.41. The van der Waals surface area contributed by atoms with Crippen molar-refractivity contribution in [1.29, 1.82) is 0 Å². The predicted octanol–water partition coefficient (Wildman–Crippen LogP) is 3.79. The maximum atomic E-state index is 12.1. The third kappa shape index (κ3) is 12.2. The Morgan fingerprint density at radius 3 is 1.71 bits per heavy atom. The van der Waals surface area contributed by atoms with Gasteiger partial charge in [-0.3, -0.25) is 9.59 Å². The van der Waals surface area contributed by atoms with Crippen molar-refractivity contribution in [3.8, 4) is 24.2 Å². The molecule has 220 valence electrons. The van der Waals surface area contributed by atoms with Gasteiger partial charge in [0.25, 0.3) is 0 Å². The summed E-state index contributed by atoms with van der Waals surface area (Å²) in [5.74, 6) is 5.08. The van der Waals surface area contributed by atoms with Crippen molar-refractivity contribution >= 4 is 46.6 Å². The summed E-state index contributed by atoms with van der Waals surface area (Å²) < 4.78 is 50.8. The van der Waals surface area contributed by atoms with Crippen molar-refractivity contribution in [2.75, 3.05) is 69.5 Å². The van der Waals surface area contributed by atoms with Gasteiger partial charge in [0.05, 0.1) is 33.5 Å². The van der Waals surface area contributed by atoms with Crippen LogP contribution < -0.4 is 9.80 Å². The van der Waals surface area contributed by atoms with E-state index in [2.05, 4.69) is 31.4 Å². The molecule has 0 atom stereocenters. The normalized spacial score (nSPS) is 14.6. The topological polar surface area (TPSA) is 94.1 Å². The van der Waals surface area contributed by atoms with Crippen LogP contribution in [0.2, 0.25) is 10.0 Å². The van der Waals surface area contributed by atoms with Crippen LogP contribution in [0.3, 0.4) is 0 Å². The van der Waals surface area contributed by atoms with Gasteiger partial charge in [0.2, 0.25) is 0 Å². The number of terminal acetylenes is 1. The van der Waals surface area contributed by atoms with Crippen LogP contribution in [0, 0.1) is 24.2 Å². The molecule has 0 bridgehead atoms. The Kier molecular flexibility index (Phi) is 13.7. The zero-order chi connectivity index (χ0) is 30.4. The second-order valence-electron chi connectivity index (χ2n) is 8.17. The number of alkyl halides is 3. The van der Waals surface area contributed by atoms with Crippen molar-refractivity contribution in [3.63, 3.8) is 0 Å². The average molecular weight is 615 g/mol. The van der Waals surface area contributed by atoms with Gasteiger partial charge in [-0.25, -0.2) is 9.97 Å². The van der Waals surface area contributed by atoms with E-state index in [9.17, 15) is 22.8 Å². The maximum Gasteiger partial charge on any atom is 0.462 e. The van der Waals surface area contributed by atoms with Gasteiger partial charge in [-0.15, -0.1) is 6.42 Å². The van der Waals surface area contributed by atoms with E-state index in [0.717, 1.165) is 32.1 Å². The number of ether oxygens (including phenoxy) is 3.